The highest BCUT2D eigenvalue weighted by molar-refractivity contribution is 5.94. The fourth-order valence-corrected chi connectivity index (χ4v) is 2.82. The van der Waals surface area contributed by atoms with Crippen LogP contribution in [0.15, 0.2) is 35.3 Å². The molecule has 0 saturated carbocycles. The molecule has 0 aromatic heterocycles. The van der Waals surface area contributed by atoms with Crippen molar-refractivity contribution >= 4 is 11.9 Å². The Kier molecular flexibility index (Phi) is 5.52. The molecule has 1 amide bonds. The first-order chi connectivity index (χ1) is 11.3. The first kappa shape index (κ1) is 18.3. The molecule has 0 aliphatic carbocycles. The van der Waals surface area contributed by atoms with Gasteiger partial charge in [-0.15, -0.1) is 0 Å². The molecule has 1 aromatic rings. The quantitative estimate of drug-likeness (QED) is 0.495. The van der Waals surface area contributed by atoms with Crippen LogP contribution in [-0.4, -0.2) is 48.5 Å². The maximum absolute atomic E-state index is 12.0. The van der Waals surface area contributed by atoms with Gasteiger partial charge in [-0.3, -0.25) is 9.79 Å². The first-order valence-corrected chi connectivity index (χ1v) is 8.69. The number of nitrogens with one attached hydrogen (secondary N) is 2. The monoisotopic (exact) mass is 330 g/mol. The number of amides is 1. The second-order valence-electron chi connectivity index (χ2n) is 7.39. The molecule has 0 radical (unpaired) electrons. The Morgan fingerprint density at radius 2 is 1.83 bits per heavy atom. The third-order valence-electron chi connectivity index (χ3n) is 5.17. The highest BCUT2D eigenvalue weighted by atomic mass is 16.1. The zero-order chi connectivity index (χ0) is 17.8. The predicted octanol–water partition coefficient (Wildman–Crippen LogP) is 2.50. The minimum atomic E-state index is -0.0544. The van der Waals surface area contributed by atoms with E-state index in [1.807, 2.05) is 30.3 Å². The van der Waals surface area contributed by atoms with Gasteiger partial charge in [-0.25, -0.2) is 0 Å². The minimum Gasteiger partial charge on any atom is -0.356 e. The molecule has 132 valence electrons. The molecule has 1 aliphatic rings. The molecule has 2 N–H and O–H groups in total. The predicted molar refractivity (Wildman–Crippen MR) is 99.3 cm³/mol. The third-order valence-corrected chi connectivity index (χ3v) is 5.17. The van der Waals surface area contributed by atoms with Crippen LogP contribution in [0.5, 0.6) is 0 Å². The maximum Gasteiger partial charge on any atom is 0.251 e. The fraction of sp³-hybridized carbons (Fsp3) is 0.579. The number of rotatable bonds is 5. The summed E-state index contributed by atoms with van der Waals surface area (Å²) < 4.78 is 0. The number of carbonyl (C=O) groups excluding carboxylic acids is 1. The lowest BCUT2D eigenvalue weighted by Crippen LogP contribution is -2.72. The molecule has 1 saturated heterocycles. The summed E-state index contributed by atoms with van der Waals surface area (Å²) in [5.74, 6) is 0.872. The van der Waals surface area contributed by atoms with Crippen molar-refractivity contribution < 1.29 is 4.79 Å². The highest BCUT2D eigenvalue weighted by Gasteiger charge is 2.53. The van der Waals surface area contributed by atoms with Gasteiger partial charge in [-0.05, 0) is 32.9 Å². The molecule has 5 heteroatoms. The van der Waals surface area contributed by atoms with E-state index in [4.69, 9.17) is 0 Å². The second-order valence-corrected chi connectivity index (χ2v) is 7.39. The van der Waals surface area contributed by atoms with E-state index in [0.29, 0.717) is 18.7 Å². The van der Waals surface area contributed by atoms with Crippen LogP contribution >= 0.6 is 0 Å². The van der Waals surface area contributed by atoms with Crippen molar-refractivity contribution in [1.82, 2.24) is 15.5 Å². The van der Waals surface area contributed by atoms with Crippen molar-refractivity contribution in [3.63, 3.8) is 0 Å². The normalized spacial score (nSPS) is 18.7. The molecule has 0 atom stereocenters. The van der Waals surface area contributed by atoms with Gasteiger partial charge in [0, 0.05) is 36.2 Å². The number of guanidine groups is 1. The molecule has 0 unspecified atom stereocenters. The van der Waals surface area contributed by atoms with E-state index >= 15 is 0 Å². The van der Waals surface area contributed by atoms with E-state index in [-0.39, 0.29) is 16.9 Å². The van der Waals surface area contributed by atoms with Gasteiger partial charge in [-0.2, -0.15) is 0 Å². The number of likely N-dealkylation sites (tertiary alicyclic amines) is 1. The van der Waals surface area contributed by atoms with E-state index in [2.05, 4.69) is 55.1 Å². The van der Waals surface area contributed by atoms with Crippen LogP contribution in [-0.2, 0) is 0 Å². The standard InChI is InChI=1S/C19H30N4O/c1-6-20-17(23-14-18(2,3)19(23,4)5)22-13-12-21-16(24)15-10-8-7-9-11-15/h7-11H,6,12-14H2,1-5H3,(H,20,22)(H,21,24). The van der Waals surface area contributed by atoms with Gasteiger partial charge in [0.05, 0.1) is 6.54 Å². The average Bonchev–Trinajstić information content (AvgIpc) is 2.56. The topological polar surface area (TPSA) is 56.7 Å². The van der Waals surface area contributed by atoms with E-state index in [1.54, 1.807) is 0 Å². The van der Waals surface area contributed by atoms with E-state index in [0.717, 1.165) is 19.0 Å². The van der Waals surface area contributed by atoms with Crippen LogP contribution < -0.4 is 10.6 Å². The van der Waals surface area contributed by atoms with E-state index in [9.17, 15) is 4.79 Å². The van der Waals surface area contributed by atoms with Crippen molar-refractivity contribution in [1.29, 1.82) is 0 Å². The second kappa shape index (κ2) is 7.24. The maximum atomic E-state index is 12.0. The van der Waals surface area contributed by atoms with Gasteiger partial charge in [0.15, 0.2) is 5.96 Å². The van der Waals surface area contributed by atoms with E-state index < -0.39 is 0 Å². The lowest BCUT2D eigenvalue weighted by atomic mass is 9.65. The zero-order valence-electron chi connectivity index (χ0n) is 15.5. The molecular weight excluding hydrogens is 300 g/mol. The van der Waals surface area contributed by atoms with Crippen molar-refractivity contribution in [3.05, 3.63) is 35.9 Å². The zero-order valence-corrected chi connectivity index (χ0v) is 15.5. The molecule has 5 nitrogen and oxygen atoms in total. The largest absolute Gasteiger partial charge is 0.356 e. The van der Waals surface area contributed by atoms with Crippen molar-refractivity contribution in [2.75, 3.05) is 26.2 Å². The van der Waals surface area contributed by atoms with Crippen molar-refractivity contribution in [2.45, 2.75) is 40.2 Å². The van der Waals surface area contributed by atoms with E-state index in [1.165, 1.54) is 0 Å². The minimum absolute atomic E-state index is 0.0544. The number of nitrogens with zero attached hydrogens (tertiary/aromatic N) is 2. The summed E-state index contributed by atoms with van der Waals surface area (Å²) in [4.78, 5) is 19.0. The summed E-state index contributed by atoms with van der Waals surface area (Å²) in [5, 5.41) is 6.28. The Bertz CT molecular complexity index is 593. The van der Waals surface area contributed by atoms with Crippen LogP contribution in [0.1, 0.15) is 45.0 Å². The Labute approximate surface area is 145 Å². The Morgan fingerprint density at radius 1 is 1.17 bits per heavy atom. The van der Waals surface area contributed by atoms with Crippen LogP contribution in [0.25, 0.3) is 0 Å². The summed E-state index contributed by atoms with van der Waals surface area (Å²) in [6.07, 6.45) is 0. The van der Waals surface area contributed by atoms with Gasteiger partial charge in [0.1, 0.15) is 0 Å². The van der Waals surface area contributed by atoms with Crippen LogP contribution in [0, 0.1) is 5.41 Å². The van der Waals surface area contributed by atoms with Crippen molar-refractivity contribution in [3.8, 4) is 0 Å². The summed E-state index contributed by atoms with van der Waals surface area (Å²) in [6, 6.07) is 9.26. The van der Waals surface area contributed by atoms with Gasteiger partial charge in [-0.1, -0.05) is 32.0 Å². The summed E-state index contributed by atoms with van der Waals surface area (Å²) in [7, 11) is 0. The molecule has 1 heterocycles. The molecule has 2 rings (SSSR count). The summed E-state index contributed by atoms with van der Waals surface area (Å²) >= 11 is 0. The smallest absolute Gasteiger partial charge is 0.251 e. The van der Waals surface area contributed by atoms with Gasteiger partial charge in [0.25, 0.3) is 5.91 Å². The Morgan fingerprint density at radius 3 is 2.38 bits per heavy atom. The fourth-order valence-electron chi connectivity index (χ4n) is 2.82. The third kappa shape index (κ3) is 3.71. The number of aliphatic imine (C=N–C) groups is 1. The first-order valence-electron chi connectivity index (χ1n) is 8.69. The van der Waals surface area contributed by atoms with Crippen molar-refractivity contribution in [2.24, 2.45) is 10.4 Å². The Hall–Kier alpha value is -2.04. The van der Waals surface area contributed by atoms with Crippen LogP contribution in [0.2, 0.25) is 0 Å². The van der Waals surface area contributed by atoms with Crippen LogP contribution in [0.3, 0.4) is 0 Å². The molecule has 1 aromatic carbocycles. The number of benzene rings is 1. The number of hydrogen-bond donors (Lipinski definition) is 2. The lowest BCUT2D eigenvalue weighted by Gasteiger charge is -2.62. The molecular formula is C19H30N4O. The van der Waals surface area contributed by atoms with Gasteiger partial charge < -0.3 is 15.5 Å². The molecule has 0 bridgehead atoms. The number of carbonyl (C=O) groups is 1. The summed E-state index contributed by atoms with van der Waals surface area (Å²) in [6.45, 7) is 14.1. The molecule has 1 fully saturated rings. The molecule has 0 spiro atoms. The lowest BCUT2D eigenvalue weighted by molar-refractivity contribution is -0.0667. The average molecular weight is 330 g/mol. The Balaban J connectivity index is 1.90. The number of hydrogen-bond acceptors (Lipinski definition) is 2. The summed E-state index contributed by atoms with van der Waals surface area (Å²) in [5.41, 5.74) is 1.02. The SMILES string of the molecule is CCNC(=NCCNC(=O)c1ccccc1)N1CC(C)(C)C1(C)C. The van der Waals surface area contributed by atoms with Gasteiger partial charge >= 0.3 is 0 Å². The molecule has 24 heavy (non-hydrogen) atoms. The van der Waals surface area contributed by atoms with Gasteiger partial charge in [0.2, 0.25) is 0 Å². The van der Waals surface area contributed by atoms with Crippen LogP contribution in [0.4, 0.5) is 0 Å². The molecule has 1 aliphatic heterocycles. The highest BCUT2D eigenvalue weighted by Crippen LogP contribution is 2.46.